The van der Waals surface area contributed by atoms with Gasteiger partial charge in [0.2, 0.25) is 5.91 Å². The molecule has 0 spiro atoms. The predicted molar refractivity (Wildman–Crippen MR) is 131 cm³/mol. The molecule has 1 aliphatic heterocycles. The van der Waals surface area contributed by atoms with Gasteiger partial charge in [-0.1, -0.05) is 29.5 Å². The van der Waals surface area contributed by atoms with E-state index in [1.807, 2.05) is 47.9 Å². The van der Waals surface area contributed by atoms with Crippen LogP contribution in [0.2, 0.25) is 0 Å². The molecule has 0 saturated carbocycles. The van der Waals surface area contributed by atoms with Crippen molar-refractivity contribution in [2.45, 2.75) is 12.1 Å². The molecule has 1 aromatic carbocycles. The number of pyridine rings is 1. The van der Waals surface area contributed by atoms with Crippen molar-refractivity contribution in [3.05, 3.63) is 78.5 Å². The van der Waals surface area contributed by atoms with Crippen molar-refractivity contribution < 1.29 is 14.0 Å². The van der Waals surface area contributed by atoms with Crippen LogP contribution in [0.4, 0.5) is 0 Å². The first-order valence-corrected chi connectivity index (χ1v) is 12.2. The van der Waals surface area contributed by atoms with Crippen LogP contribution in [0.3, 0.4) is 0 Å². The molecule has 1 saturated heterocycles. The van der Waals surface area contributed by atoms with Crippen molar-refractivity contribution in [3.63, 3.8) is 0 Å². The van der Waals surface area contributed by atoms with Crippen molar-refractivity contribution in [1.82, 2.24) is 29.5 Å². The van der Waals surface area contributed by atoms with E-state index in [9.17, 15) is 9.59 Å². The summed E-state index contributed by atoms with van der Waals surface area (Å²) in [6.45, 7) is 3.95. The molecule has 4 heterocycles. The van der Waals surface area contributed by atoms with E-state index in [0.29, 0.717) is 42.9 Å². The Morgan fingerprint density at radius 3 is 2.43 bits per heavy atom. The zero-order valence-electron chi connectivity index (χ0n) is 19.2. The molecule has 2 amide bonds. The Kier molecular flexibility index (Phi) is 6.62. The predicted octanol–water partition coefficient (Wildman–Crippen LogP) is 3.31. The second kappa shape index (κ2) is 10.1. The fourth-order valence-corrected chi connectivity index (χ4v) is 4.76. The van der Waals surface area contributed by atoms with E-state index in [-0.39, 0.29) is 17.6 Å². The van der Waals surface area contributed by atoms with Gasteiger partial charge in [0.15, 0.2) is 16.7 Å². The van der Waals surface area contributed by atoms with E-state index in [2.05, 4.69) is 15.2 Å². The van der Waals surface area contributed by atoms with Gasteiger partial charge in [0.1, 0.15) is 0 Å². The molecule has 0 bridgehead atoms. The molecule has 1 fully saturated rings. The summed E-state index contributed by atoms with van der Waals surface area (Å²) in [7, 11) is 0. The third kappa shape index (κ3) is 4.97. The molecule has 5 rings (SSSR count). The molecule has 0 unspecified atom stereocenters. The van der Waals surface area contributed by atoms with Crippen LogP contribution in [0.5, 0.6) is 0 Å². The van der Waals surface area contributed by atoms with Crippen molar-refractivity contribution >= 4 is 23.6 Å². The smallest absolute Gasteiger partial charge is 0.289 e. The van der Waals surface area contributed by atoms with Gasteiger partial charge in [-0.05, 0) is 43.3 Å². The number of hydrogen-bond donors (Lipinski definition) is 0. The molecule has 0 aliphatic carbocycles. The summed E-state index contributed by atoms with van der Waals surface area (Å²) in [4.78, 5) is 33.1. The number of nitrogens with zero attached hydrogens (tertiary/aromatic N) is 6. The minimum absolute atomic E-state index is 0.00137. The average Bonchev–Trinajstić information content (AvgIpc) is 3.59. The van der Waals surface area contributed by atoms with Gasteiger partial charge in [-0.3, -0.25) is 19.1 Å². The lowest BCUT2D eigenvalue weighted by Crippen LogP contribution is -2.51. The monoisotopic (exact) mass is 488 g/mol. The molecule has 0 radical (unpaired) electrons. The average molecular weight is 489 g/mol. The number of benzene rings is 1. The number of hydrogen-bond acceptors (Lipinski definition) is 7. The van der Waals surface area contributed by atoms with Crippen molar-refractivity contribution in [2.24, 2.45) is 0 Å². The third-order valence-electron chi connectivity index (χ3n) is 5.82. The maximum atomic E-state index is 13.0. The normalized spacial score (nSPS) is 13.7. The molecule has 9 nitrogen and oxygen atoms in total. The van der Waals surface area contributed by atoms with Gasteiger partial charge in [-0.15, -0.1) is 10.2 Å². The fraction of sp³-hybridized carbons (Fsp3) is 0.240. The zero-order valence-corrected chi connectivity index (χ0v) is 20.0. The van der Waals surface area contributed by atoms with Crippen LogP contribution in [0.25, 0.3) is 17.1 Å². The Morgan fingerprint density at radius 2 is 1.74 bits per heavy atom. The SMILES string of the molecule is Cc1ccc(-n2c(SCC(=O)N3CCN(C(=O)c4ccco4)CC3)nnc2-c2cccnc2)cc1. The summed E-state index contributed by atoms with van der Waals surface area (Å²) >= 11 is 1.35. The number of thioether (sulfide) groups is 1. The lowest BCUT2D eigenvalue weighted by atomic mass is 10.2. The summed E-state index contributed by atoms with van der Waals surface area (Å²) in [6.07, 6.45) is 4.95. The topological polar surface area (TPSA) is 97.4 Å². The summed E-state index contributed by atoms with van der Waals surface area (Å²) in [5.41, 5.74) is 2.91. The molecule has 1 aliphatic rings. The van der Waals surface area contributed by atoms with Crippen LogP contribution < -0.4 is 0 Å². The summed E-state index contributed by atoms with van der Waals surface area (Å²) < 4.78 is 7.16. The van der Waals surface area contributed by atoms with E-state index in [1.54, 1.807) is 34.3 Å². The minimum Gasteiger partial charge on any atom is -0.459 e. The van der Waals surface area contributed by atoms with Crippen LogP contribution in [-0.2, 0) is 4.79 Å². The highest BCUT2D eigenvalue weighted by Gasteiger charge is 2.26. The number of furan rings is 1. The lowest BCUT2D eigenvalue weighted by Gasteiger charge is -2.34. The van der Waals surface area contributed by atoms with Gasteiger partial charge in [0.05, 0.1) is 12.0 Å². The van der Waals surface area contributed by atoms with Gasteiger partial charge >= 0.3 is 0 Å². The number of carbonyl (C=O) groups excluding carboxylic acids is 2. The highest BCUT2D eigenvalue weighted by Crippen LogP contribution is 2.28. The van der Waals surface area contributed by atoms with Crippen LogP contribution in [0.15, 0.2) is 76.8 Å². The van der Waals surface area contributed by atoms with Gasteiger partial charge < -0.3 is 14.2 Å². The van der Waals surface area contributed by atoms with E-state index in [1.165, 1.54) is 18.0 Å². The summed E-state index contributed by atoms with van der Waals surface area (Å²) in [6, 6.07) is 15.2. The van der Waals surface area contributed by atoms with Gasteiger partial charge in [-0.25, -0.2) is 0 Å². The van der Waals surface area contributed by atoms with Gasteiger partial charge in [0.25, 0.3) is 5.91 Å². The molecule has 0 atom stereocenters. The van der Waals surface area contributed by atoms with Gasteiger partial charge in [0, 0.05) is 49.8 Å². The quantitative estimate of drug-likeness (QED) is 0.384. The molecule has 3 aromatic heterocycles. The molecular weight excluding hydrogens is 464 g/mol. The minimum atomic E-state index is -0.148. The maximum absolute atomic E-state index is 13.0. The highest BCUT2D eigenvalue weighted by molar-refractivity contribution is 7.99. The first-order chi connectivity index (χ1) is 17.1. The number of piperazine rings is 1. The van der Waals surface area contributed by atoms with E-state index < -0.39 is 0 Å². The number of carbonyl (C=O) groups is 2. The van der Waals surface area contributed by atoms with E-state index >= 15 is 0 Å². The summed E-state index contributed by atoms with van der Waals surface area (Å²) in [5.74, 6) is 1.07. The standard InChI is InChI=1S/C25H24N6O3S/c1-18-6-8-20(9-7-18)31-23(19-4-2-10-26-16-19)27-28-25(31)35-17-22(32)29-11-13-30(14-12-29)24(33)21-5-3-15-34-21/h2-10,15-16H,11-14,17H2,1H3. The van der Waals surface area contributed by atoms with Crippen molar-refractivity contribution in [3.8, 4) is 17.1 Å². The number of aromatic nitrogens is 4. The molecular formula is C25H24N6O3S. The Morgan fingerprint density at radius 1 is 0.971 bits per heavy atom. The highest BCUT2D eigenvalue weighted by atomic mass is 32.2. The van der Waals surface area contributed by atoms with Crippen molar-refractivity contribution in [1.29, 1.82) is 0 Å². The fourth-order valence-electron chi connectivity index (χ4n) is 3.90. The second-order valence-corrected chi connectivity index (χ2v) is 9.10. The van der Waals surface area contributed by atoms with Crippen LogP contribution in [0, 0.1) is 6.92 Å². The van der Waals surface area contributed by atoms with E-state index in [0.717, 1.165) is 16.8 Å². The molecule has 4 aromatic rings. The van der Waals surface area contributed by atoms with Crippen LogP contribution in [0.1, 0.15) is 16.1 Å². The number of rotatable bonds is 6. The summed E-state index contributed by atoms with van der Waals surface area (Å²) in [5, 5.41) is 9.42. The Hall–Kier alpha value is -3.92. The lowest BCUT2D eigenvalue weighted by molar-refractivity contribution is -0.129. The third-order valence-corrected chi connectivity index (χ3v) is 6.74. The van der Waals surface area contributed by atoms with Crippen LogP contribution in [-0.4, -0.2) is 73.3 Å². The molecule has 35 heavy (non-hydrogen) atoms. The van der Waals surface area contributed by atoms with E-state index in [4.69, 9.17) is 4.42 Å². The first kappa shape index (κ1) is 22.9. The Balaban J connectivity index is 1.27. The largest absolute Gasteiger partial charge is 0.459 e. The maximum Gasteiger partial charge on any atom is 0.289 e. The van der Waals surface area contributed by atoms with Gasteiger partial charge in [-0.2, -0.15) is 0 Å². The second-order valence-electron chi connectivity index (χ2n) is 8.16. The zero-order chi connectivity index (χ0) is 24.2. The first-order valence-electron chi connectivity index (χ1n) is 11.3. The Labute approximate surface area is 206 Å². The number of amides is 2. The molecule has 10 heteroatoms. The molecule has 0 N–H and O–H groups in total. The molecule has 178 valence electrons. The number of aryl methyl sites for hydroxylation is 1. The van der Waals surface area contributed by atoms with Crippen molar-refractivity contribution in [2.75, 3.05) is 31.9 Å². The Bertz CT molecular complexity index is 1300. The van der Waals surface area contributed by atoms with Crippen LogP contribution >= 0.6 is 11.8 Å².